The van der Waals surface area contributed by atoms with Crippen molar-refractivity contribution >= 4 is 16.8 Å². The lowest BCUT2D eigenvalue weighted by Crippen LogP contribution is -2.38. The zero-order valence-corrected chi connectivity index (χ0v) is 11.3. The van der Waals surface area contributed by atoms with E-state index in [4.69, 9.17) is 9.15 Å². The number of fused-ring (bicyclic) bond motifs is 1. The zero-order valence-electron chi connectivity index (χ0n) is 11.3. The lowest BCUT2D eigenvalue weighted by molar-refractivity contribution is 0.122. The van der Waals surface area contributed by atoms with E-state index in [1.807, 2.05) is 36.9 Å². The topological polar surface area (TPSA) is 41.5 Å². The van der Waals surface area contributed by atoms with Crippen LogP contribution in [0.25, 0.3) is 11.0 Å². The third-order valence-corrected chi connectivity index (χ3v) is 3.22. The second-order valence-corrected chi connectivity index (χ2v) is 4.81. The average molecular weight is 260 g/mol. The smallest absolute Gasteiger partial charge is 0.388 e. The van der Waals surface area contributed by atoms with Gasteiger partial charge in [0.05, 0.1) is 32.7 Å². The van der Waals surface area contributed by atoms with Crippen LogP contribution in [0.4, 0.5) is 5.82 Å². The molecule has 0 unspecified atom stereocenters. The molecule has 3 rings (SSSR count). The van der Waals surface area contributed by atoms with Crippen molar-refractivity contribution in [1.29, 1.82) is 0 Å². The van der Waals surface area contributed by atoms with Crippen LogP contribution in [0.5, 0.6) is 0 Å². The summed E-state index contributed by atoms with van der Waals surface area (Å²) in [4.78, 5) is 6.91. The summed E-state index contributed by atoms with van der Waals surface area (Å²) in [6.07, 6.45) is 0. The first-order valence-corrected chi connectivity index (χ1v) is 6.48. The Labute approximate surface area is 111 Å². The standard InChI is InChI=1S/C14H18N3O2/c1-16(2)14-15-13(17-7-9-18-10-8-17)11-5-3-4-6-12(11)19-14/h3-6H,7-10H2,1-2H3/q+1. The number of nitrogens with zero attached hydrogens (tertiary/aromatic N) is 3. The van der Waals surface area contributed by atoms with E-state index in [1.165, 1.54) is 0 Å². The number of anilines is 1. The molecule has 5 nitrogen and oxygen atoms in total. The van der Waals surface area contributed by atoms with Crippen molar-refractivity contribution in [2.45, 2.75) is 0 Å². The Hall–Kier alpha value is -1.88. The minimum absolute atomic E-state index is 0.625. The van der Waals surface area contributed by atoms with Gasteiger partial charge < -0.3 is 14.1 Å². The molecule has 1 aliphatic rings. The molecule has 1 saturated heterocycles. The number of hydrogen-bond donors (Lipinski definition) is 0. The average Bonchev–Trinajstić information content (AvgIpc) is 2.47. The van der Waals surface area contributed by atoms with Crippen molar-refractivity contribution in [1.82, 2.24) is 9.56 Å². The van der Waals surface area contributed by atoms with Gasteiger partial charge in [0.1, 0.15) is 5.58 Å². The van der Waals surface area contributed by atoms with Crippen LogP contribution in [0.1, 0.15) is 0 Å². The molecule has 1 aliphatic heterocycles. The molecule has 2 aromatic rings. The molecule has 1 aromatic carbocycles. The SMILES string of the molecule is C[N+](C)=c1nc(N2CCOCC2)c2ccccc2o1. The number of aromatic nitrogens is 1. The maximum Gasteiger partial charge on any atom is 0.500 e. The Balaban J connectivity index is 2.23. The summed E-state index contributed by atoms with van der Waals surface area (Å²) in [6, 6.07) is 8.03. The predicted octanol–water partition coefficient (Wildman–Crippen LogP) is 0.696. The maximum absolute atomic E-state index is 5.81. The van der Waals surface area contributed by atoms with Gasteiger partial charge in [0.15, 0.2) is 0 Å². The molecular weight excluding hydrogens is 242 g/mol. The first kappa shape index (κ1) is 12.2. The van der Waals surface area contributed by atoms with Crippen LogP contribution in [0.15, 0.2) is 28.7 Å². The maximum atomic E-state index is 5.81. The van der Waals surface area contributed by atoms with Gasteiger partial charge in [-0.3, -0.25) is 0 Å². The molecule has 1 aromatic heterocycles. The second-order valence-electron chi connectivity index (χ2n) is 4.81. The number of ether oxygens (including phenoxy) is 1. The van der Waals surface area contributed by atoms with E-state index < -0.39 is 0 Å². The first-order chi connectivity index (χ1) is 9.25. The van der Waals surface area contributed by atoms with Gasteiger partial charge in [0.25, 0.3) is 5.82 Å². The number of hydrogen-bond acceptors (Lipinski definition) is 4. The summed E-state index contributed by atoms with van der Waals surface area (Å²) in [5.41, 5.74) is 1.49. The molecule has 0 N–H and O–H groups in total. The molecule has 19 heavy (non-hydrogen) atoms. The second kappa shape index (κ2) is 5.01. The van der Waals surface area contributed by atoms with E-state index in [0.717, 1.165) is 43.1 Å². The molecule has 5 heteroatoms. The highest BCUT2D eigenvalue weighted by molar-refractivity contribution is 5.87. The highest BCUT2D eigenvalue weighted by atomic mass is 16.5. The Morgan fingerprint density at radius 1 is 1.16 bits per heavy atom. The van der Waals surface area contributed by atoms with Crippen molar-refractivity contribution in [2.24, 2.45) is 0 Å². The molecule has 0 bridgehead atoms. The largest absolute Gasteiger partial charge is 0.500 e. The van der Waals surface area contributed by atoms with Crippen LogP contribution in [-0.2, 0) is 4.74 Å². The van der Waals surface area contributed by atoms with Crippen LogP contribution >= 0.6 is 0 Å². The Morgan fingerprint density at radius 2 is 1.89 bits per heavy atom. The van der Waals surface area contributed by atoms with Crippen LogP contribution < -0.4 is 15.2 Å². The summed E-state index contributed by atoms with van der Waals surface area (Å²) in [5, 5.41) is 1.05. The van der Waals surface area contributed by atoms with E-state index in [9.17, 15) is 0 Å². The van der Waals surface area contributed by atoms with Crippen LogP contribution in [-0.4, -0.2) is 45.4 Å². The Bertz CT molecular complexity index is 653. The summed E-state index contributed by atoms with van der Waals surface area (Å²) in [7, 11) is 3.87. The van der Waals surface area contributed by atoms with Crippen molar-refractivity contribution in [2.75, 3.05) is 45.3 Å². The normalized spacial score (nSPS) is 15.8. The quantitative estimate of drug-likeness (QED) is 0.708. The van der Waals surface area contributed by atoms with Gasteiger partial charge in [-0.05, 0) is 12.1 Å². The number of para-hydroxylation sites is 1. The van der Waals surface area contributed by atoms with E-state index in [1.54, 1.807) is 0 Å². The fourth-order valence-electron chi connectivity index (χ4n) is 2.22. The van der Waals surface area contributed by atoms with E-state index >= 15 is 0 Å². The first-order valence-electron chi connectivity index (χ1n) is 6.48. The van der Waals surface area contributed by atoms with Gasteiger partial charge in [-0.2, -0.15) is 0 Å². The van der Waals surface area contributed by atoms with Gasteiger partial charge >= 0.3 is 5.68 Å². The number of morpholine rings is 1. The number of rotatable bonds is 1. The van der Waals surface area contributed by atoms with Crippen molar-refractivity contribution in [3.8, 4) is 0 Å². The zero-order chi connectivity index (χ0) is 13.2. The lowest BCUT2D eigenvalue weighted by Gasteiger charge is -2.25. The molecule has 0 saturated carbocycles. The molecule has 0 aliphatic carbocycles. The fourth-order valence-corrected chi connectivity index (χ4v) is 2.22. The molecule has 1 fully saturated rings. The fraction of sp³-hybridized carbons (Fsp3) is 0.429. The van der Waals surface area contributed by atoms with Crippen LogP contribution in [0.2, 0.25) is 0 Å². The van der Waals surface area contributed by atoms with Crippen LogP contribution in [0, 0.1) is 0 Å². The van der Waals surface area contributed by atoms with Crippen LogP contribution in [0.3, 0.4) is 0 Å². The third-order valence-electron chi connectivity index (χ3n) is 3.22. The van der Waals surface area contributed by atoms with E-state index in [0.29, 0.717) is 5.68 Å². The molecule has 0 atom stereocenters. The van der Waals surface area contributed by atoms with Gasteiger partial charge in [0.2, 0.25) is 0 Å². The van der Waals surface area contributed by atoms with Gasteiger partial charge in [-0.25, -0.2) is 4.58 Å². The summed E-state index contributed by atoms with van der Waals surface area (Å²) in [5.74, 6) is 0.980. The molecular formula is C14H18N3O2+. The third kappa shape index (κ3) is 2.33. The van der Waals surface area contributed by atoms with Crippen molar-refractivity contribution in [3.05, 3.63) is 29.9 Å². The Kier molecular flexibility index (Phi) is 3.21. The van der Waals surface area contributed by atoms with Gasteiger partial charge in [0, 0.05) is 18.1 Å². The lowest BCUT2D eigenvalue weighted by atomic mass is 10.2. The highest BCUT2D eigenvalue weighted by Gasteiger charge is 2.21. The molecule has 0 amide bonds. The predicted molar refractivity (Wildman–Crippen MR) is 74.2 cm³/mol. The molecule has 0 radical (unpaired) electrons. The minimum atomic E-state index is 0.625. The minimum Gasteiger partial charge on any atom is -0.388 e. The van der Waals surface area contributed by atoms with Crippen molar-refractivity contribution in [3.63, 3.8) is 0 Å². The molecule has 0 spiro atoms. The molecule has 100 valence electrons. The molecule has 2 heterocycles. The summed E-state index contributed by atoms with van der Waals surface area (Å²) >= 11 is 0. The van der Waals surface area contributed by atoms with Gasteiger partial charge in [-0.1, -0.05) is 12.1 Å². The van der Waals surface area contributed by atoms with Crippen molar-refractivity contribution < 1.29 is 9.15 Å². The van der Waals surface area contributed by atoms with E-state index in [-0.39, 0.29) is 0 Å². The number of benzene rings is 1. The summed E-state index contributed by atoms with van der Waals surface area (Å²) in [6.45, 7) is 3.24. The summed E-state index contributed by atoms with van der Waals surface area (Å²) < 4.78 is 13.1. The van der Waals surface area contributed by atoms with Gasteiger partial charge in [-0.15, -0.1) is 0 Å². The monoisotopic (exact) mass is 260 g/mol. The Morgan fingerprint density at radius 3 is 2.63 bits per heavy atom. The highest BCUT2D eigenvalue weighted by Crippen LogP contribution is 2.23. The van der Waals surface area contributed by atoms with E-state index in [2.05, 4.69) is 16.0 Å².